The Morgan fingerprint density at radius 3 is 2.61 bits per heavy atom. The largest absolute Gasteiger partial charge is 0.492 e. The SMILES string of the molecule is Cc1ccc(OCCn2cc(/C=C3\SC(=O)N(CC(C)C)C3=O)c3cc(Br)ccc32)cc1C. The summed E-state index contributed by atoms with van der Waals surface area (Å²) >= 11 is 4.56. The number of ether oxygens (including phenoxy) is 1. The van der Waals surface area contributed by atoms with Crippen molar-refractivity contribution in [2.24, 2.45) is 5.92 Å². The first-order valence-electron chi connectivity index (χ1n) is 11.0. The van der Waals surface area contributed by atoms with Crippen LogP contribution in [0.1, 0.15) is 30.5 Å². The van der Waals surface area contributed by atoms with Crippen LogP contribution in [0.4, 0.5) is 4.79 Å². The molecule has 1 fully saturated rings. The van der Waals surface area contributed by atoms with Gasteiger partial charge in [-0.2, -0.15) is 0 Å². The van der Waals surface area contributed by atoms with Gasteiger partial charge in [0.2, 0.25) is 0 Å². The Morgan fingerprint density at radius 2 is 1.88 bits per heavy atom. The molecule has 0 atom stereocenters. The van der Waals surface area contributed by atoms with Crippen molar-refractivity contribution in [1.29, 1.82) is 0 Å². The number of aromatic nitrogens is 1. The van der Waals surface area contributed by atoms with E-state index in [0.717, 1.165) is 38.5 Å². The van der Waals surface area contributed by atoms with Gasteiger partial charge in [-0.15, -0.1) is 0 Å². The maximum absolute atomic E-state index is 12.8. The summed E-state index contributed by atoms with van der Waals surface area (Å²) in [7, 11) is 0. The highest BCUT2D eigenvalue weighted by molar-refractivity contribution is 9.10. The van der Waals surface area contributed by atoms with Gasteiger partial charge in [-0.05, 0) is 79.1 Å². The molecule has 0 bridgehead atoms. The number of imide groups is 1. The molecule has 1 saturated heterocycles. The summed E-state index contributed by atoms with van der Waals surface area (Å²) in [6, 6.07) is 12.2. The van der Waals surface area contributed by atoms with Crippen LogP contribution in [-0.2, 0) is 11.3 Å². The number of thioether (sulfide) groups is 1. The van der Waals surface area contributed by atoms with Gasteiger partial charge in [-0.1, -0.05) is 35.8 Å². The molecule has 2 heterocycles. The zero-order chi connectivity index (χ0) is 23.7. The Morgan fingerprint density at radius 1 is 1.09 bits per heavy atom. The van der Waals surface area contributed by atoms with E-state index in [1.54, 1.807) is 0 Å². The summed E-state index contributed by atoms with van der Waals surface area (Å²) in [5.74, 6) is 0.872. The lowest BCUT2D eigenvalue weighted by atomic mass is 10.1. The van der Waals surface area contributed by atoms with Crippen LogP contribution in [0, 0.1) is 19.8 Å². The number of fused-ring (bicyclic) bond motifs is 1. The van der Waals surface area contributed by atoms with Crippen LogP contribution in [0.2, 0.25) is 0 Å². The zero-order valence-corrected chi connectivity index (χ0v) is 21.6. The number of amides is 2. The molecule has 33 heavy (non-hydrogen) atoms. The van der Waals surface area contributed by atoms with Crippen molar-refractivity contribution in [3.63, 3.8) is 0 Å². The van der Waals surface area contributed by atoms with E-state index in [1.807, 2.05) is 44.3 Å². The minimum atomic E-state index is -0.215. The molecule has 7 heteroatoms. The molecule has 172 valence electrons. The van der Waals surface area contributed by atoms with E-state index in [9.17, 15) is 9.59 Å². The molecule has 2 amide bonds. The van der Waals surface area contributed by atoms with Crippen LogP contribution in [-0.4, -0.2) is 33.8 Å². The smallest absolute Gasteiger partial charge is 0.293 e. The third kappa shape index (κ3) is 5.20. The predicted octanol–water partition coefficient (Wildman–Crippen LogP) is 6.79. The van der Waals surface area contributed by atoms with Gasteiger partial charge in [-0.25, -0.2) is 0 Å². The van der Waals surface area contributed by atoms with Crippen LogP contribution in [0.3, 0.4) is 0 Å². The molecule has 0 spiro atoms. The van der Waals surface area contributed by atoms with E-state index in [4.69, 9.17) is 4.74 Å². The average molecular weight is 527 g/mol. The number of rotatable bonds is 7. The van der Waals surface area contributed by atoms with E-state index in [2.05, 4.69) is 52.5 Å². The van der Waals surface area contributed by atoms with Gasteiger partial charge in [-0.3, -0.25) is 14.5 Å². The number of hydrogen-bond acceptors (Lipinski definition) is 4. The zero-order valence-electron chi connectivity index (χ0n) is 19.2. The Kier molecular flexibility index (Phi) is 7.00. The van der Waals surface area contributed by atoms with E-state index < -0.39 is 0 Å². The number of carbonyl (C=O) groups excluding carboxylic acids is 2. The Hall–Kier alpha value is -2.51. The minimum Gasteiger partial charge on any atom is -0.492 e. The van der Waals surface area contributed by atoms with Gasteiger partial charge >= 0.3 is 0 Å². The van der Waals surface area contributed by atoms with Crippen LogP contribution < -0.4 is 4.74 Å². The molecule has 3 aromatic rings. The van der Waals surface area contributed by atoms with Gasteiger partial charge in [0.15, 0.2) is 0 Å². The first kappa shape index (κ1) is 23.6. The molecular weight excluding hydrogens is 500 g/mol. The number of aryl methyl sites for hydroxylation is 2. The van der Waals surface area contributed by atoms with Crippen molar-refractivity contribution < 1.29 is 14.3 Å². The summed E-state index contributed by atoms with van der Waals surface area (Å²) in [4.78, 5) is 27.0. The topological polar surface area (TPSA) is 51.5 Å². The van der Waals surface area contributed by atoms with Gasteiger partial charge in [0.1, 0.15) is 12.4 Å². The van der Waals surface area contributed by atoms with E-state index in [-0.39, 0.29) is 17.1 Å². The van der Waals surface area contributed by atoms with Gasteiger partial charge in [0, 0.05) is 33.7 Å². The first-order valence-corrected chi connectivity index (χ1v) is 12.6. The predicted molar refractivity (Wildman–Crippen MR) is 139 cm³/mol. The standard InChI is InChI=1S/C26H27BrN2O3S/c1-16(2)14-29-25(30)24(33-26(29)31)12-19-15-28(23-8-6-20(27)13-22(19)23)9-10-32-21-7-5-17(3)18(4)11-21/h5-8,11-13,15-16H,9-10,14H2,1-4H3/b24-12-. The molecule has 0 radical (unpaired) electrons. The molecule has 1 aromatic heterocycles. The van der Waals surface area contributed by atoms with E-state index in [0.29, 0.717) is 24.6 Å². The monoisotopic (exact) mass is 526 g/mol. The fourth-order valence-electron chi connectivity index (χ4n) is 3.83. The number of carbonyl (C=O) groups is 2. The summed E-state index contributed by atoms with van der Waals surface area (Å²) in [6.45, 7) is 9.78. The van der Waals surface area contributed by atoms with Gasteiger partial charge < -0.3 is 9.30 Å². The second kappa shape index (κ2) is 9.77. The average Bonchev–Trinajstić information content (AvgIpc) is 3.22. The summed E-state index contributed by atoms with van der Waals surface area (Å²) in [5.41, 5.74) is 4.41. The van der Waals surface area contributed by atoms with Crippen LogP contribution in [0.25, 0.3) is 17.0 Å². The second-order valence-corrected chi connectivity index (χ2v) is 10.6. The molecule has 0 unspecified atom stereocenters. The molecule has 1 aliphatic rings. The molecule has 2 aromatic carbocycles. The maximum atomic E-state index is 12.8. The second-order valence-electron chi connectivity index (χ2n) is 8.72. The Labute approximate surface area is 206 Å². The van der Waals surface area contributed by atoms with Crippen molar-refractivity contribution in [3.8, 4) is 5.75 Å². The van der Waals surface area contributed by atoms with Crippen molar-refractivity contribution in [3.05, 3.63) is 68.7 Å². The summed E-state index contributed by atoms with van der Waals surface area (Å²) < 4.78 is 9.08. The molecule has 1 aliphatic heterocycles. The Bertz CT molecular complexity index is 1260. The summed E-state index contributed by atoms with van der Waals surface area (Å²) in [5, 5.41) is 0.817. The molecule has 4 rings (SSSR count). The number of nitrogens with zero attached hydrogens (tertiary/aromatic N) is 2. The highest BCUT2D eigenvalue weighted by Gasteiger charge is 2.35. The van der Waals surface area contributed by atoms with Gasteiger partial charge in [0.25, 0.3) is 11.1 Å². The minimum absolute atomic E-state index is 0.202. The molecular formula is C26H27BrN2O3S. The van der Waals surface area contributed by atoms with Crippen molar-refractivity contribution in [2.75, 3.05) is 13.2 Å². The van der Waals surface area contributed by atoms with Gasteiger partial charge in [0.05, 0.1) is 11.4 Å². The molecule has 5 nitrogen and oxygen atoms in total. The first-order chi connectivity index (χ1) is 15.7. The fourth-order valence-corrected chi connectivity index (χ4v) is 5.03. The molecule has 0 saturated carbocycles. The lowest BCUT2D eigenvalue weighted by Crippen LogP contribution is -2.31. The van der Waals surface area contributed by atoms with Crippen LogP contribution in [0.5, 0.6) is 5.75 Å². The molecule has 0 N–H and O–H groups in total. The van der Waals surface area contributed by atoms with Crippen LogP contribution in [0.15, 0.2) is 52.0 Å². The highest BCUT2D eigenvalue weighted by Crippen LogP contribution is 2.35. The quantitative estimate of drug-likeness (QED) is 0.318. The van der Waals surface area contributed by atoms with Crippen LogP contribution >= 0.6 is 27.7 Å². The number of halogens is 1. The third-order valence-electron chi connectivity index (χ3n) is 5.66. The highest BCUT2D eigenvalue weighted by atomic mass is 79.9. The Balaban J connectivity index is 1.59. The van der Waals surface area contributed by atoms with E-state index in [1.165, 1.54) is 16.0 Å². The summed E-state index contributed by atoms with van der Waals surface area (Å²) in [6.07, 6.45) is 3.86. The third-order valence-corrected chi connectivity index (χ3v) is 7.06. The van der Waals surface area contributed by atoms with Crippen molar-refractivity contribution in [2.45, 2.75) is 34.2 Å². The molecule has 0 aliphatic carbocycles. The lowest BCUT2D eigenvalue weighted by Gasteiger charge is -2.14. The number of hydrogen-bond donors (Lipinski definition) is 0. The number of benzene rings is 2. The maximum Gasteiger partial charge on any atom is 0.293 e. The van der Waals surface area contributed by atoms with E-state index >= 15 is 0 Å². The fraction of sp³-hybridized carbons (Fsp3) is 0.308. The normalized spacial score (nSPS) is 15.5. The van der Waals surface area contributed by atoms with Crippen molar-refractivity contribution >= 4 is 55.8 Å². The van der Waals surface area contributed by atoms with Crippen molar-refractivity contribution in [1.82, 2.24) is 9.47 Å². The lowest BCUT2D eigenvalue weighted by molar-refractivity contribution is -0.123.